The van der Waals surface area contributed by atoms with Crippen molar-refractivity contribution >= 4 is 6.21 Å². The van der Waals surface area contributed by atoms with Gasteiger partial charge < -0.3 is 0 Å². The van der Waals surface area contributed by atoms with E-state index in [9.17, 15) is 17.6 Å². The van der Waals surface area contributed by atoms with Crippen LogP contribution in [0.4, 0.5) is 17.6 Å². The Morgan fingerprint density at radius 1 is 1.06 bits per heavy atom. The lowest BCUT2D eigenvalue weighted by Crippen LogP contribution is -2.39. The van der Waals surface area contributed by atoms with E-state index in [0.29, 0.717) is 6.21 Å². The third kappa shape index (κ3) is 2.08. The fourth-order valence-electron chi connectivity index (χ4n) is 1.71. The first-order chi connectivity index (χ1) is 7.41. The largest absolute Gasteiger partial charge is 0.288 e. The number of nitrogens with zero attached hydrogens (tertiary/aromatic N) is 1. The second-order valence-electron chi connectivity index (χ2n) is 3.79. The monoisotopic (exact) mass is 231 g/mol. The molecule has 1 aliphatic rings. The second kappa shape index (κ2) is 3.57. The van der Waals surface area contributed by atoms with Crippen molar-refractivity contribution < 1.29 is 17.6 Å². The lowest BCUT2D eigenvalue weighted by molar-refractivity contribution is -0.100. The lowest BCUT2D eigenvalue weighted by atomic mass is 9.94. The molecule has 2 rings (SSSR count). The summed E-state index contributed by atoms with van der Waals surface area (Å²) in [6.07, 6.45) is -1.16. The van der Waals surface area contributed by atoms with Gasteiger partial charge in [0.2, 0.25) is 0 Å². The van der Waals surface area contributed by atoms with Crippen LogP contribution in [0.2, 0.25) is 0 Å². The van der Waals surface area contributed by atoms with Crippen LogP contribution in [0.3, 0.4) is 0 Å². The van der Waals surface area contributed by atoms with Crippen molar-refractivity contribution in [1.82, 2.24) is 0 Å². The van der Waals surface area contributed by atoms with Gasteiger partial charge in [0.1, 0.15) is 6.04 Å². The number of halogens is 4. The Morgan fingerprint density at radius 2 is 1.69 bits per heavy atom. The molecular formula is C11H9F4N. The molecule has 0 aliphatic carbocycles. The summed E-state index contributed by atoms with van der Waals surface area (Å²) in [7, 11) is 0. The van der Waals surface area contributed by atoms with Gasteiger partial charge in [-0.1, -0.05) is 30.3 Å². The summed E-state index contributed by atoms with van der Waals surface area (Å²) >= 11 is 0. The van der Waals surface area contributed by atoms with Crippen molar-refractivity contribution in [2.75, 3.05) is 0 Å². The first kappa shape index (κ1) is 11.1. The zero-order valence-corrected chi connectivity index (χ0v) is 8.21. The maximum Gasteiger partial charge on any atom is 0.288 e. The van der Waals surface area contributed by atoms with Gasteiger partial charge in [-0.25, -0.2) is 17.6 Å². The van der Waals surface area contributed by atoms with Crippen LogP contribution in [0.5, 0.6) is 0 Å². The molecule has 1 atom stereocenters. The fourth-order valence-corrected chi connectivity index (χ4v) is 1.71. The van der Waals surface area contributed by atoms with Gasteiger partial charge in [0.15, 0.2) is 0 Å². The number of alkyl halides is 4. The molecule has 0 amide bonds. The van der Waals surface area contributed by atoms with E-state index >= 15 is 0 Å². The molecule has 1 heterocycles. The second-order valence-corrected chi connectivity index (χ2v) is 3.79. The number of rotatable bonds is 1. The highest BCUT2D eigenvalue weighted by molar-refractivity contribution is 5.68. The molecule has 0 spiro atoms. The Morgan fingerprint density at radius 3 is 2.25 bits per heavy atom. The standard InChI is InChI=1S/C11H9F4N/c12-10(13)6-11(14,15)9(16-7-10)8-4-2-1-3-5-8/h1-5,7,9H,6H2. The Balaban J connectivity index is 2.36. The van der Waals surface area contributed by atoms with E-state index in [-0.39, 0.29) is 5.56 Å². The zero-order valence-electron chi connectivity index (χ0n) is 8.21. The summed E-state index contributed by atoms with van der Waals surface area (Å²) in [4.78, 5) is 3.28. The van der Waals surface area contributed by atoms with Crippen LogP contribution in [0.1, 0.15) is 18.0 Å². The van der Waals surface area contributed by atoms with Crippen LogP contribution in [-0.2, 0) is 0 Å². The van der Waals surface area contributed by atoms with E-state index in [1.165, 1.54) is 12.1 Å². The average molecular weight is 231 g/mol. The highest BCUT2D eigenvalue weighted by Gasteiger charge is 2.51. The molecule has 0 aromatic heterocycles. The Kier molecular flexibility index (Phi) is 2.48. The maximum atomic E-state index is 13.5. The van der Waals surface area contributed by atoms with E-state index < -0.39 is 24.3 Å². The third-order valence-electron chi connectivity index (χ3n) is 2.40. The fraction of sp³-hybridized carbons (Fsp3) is 0.364. The molecule has 0 fully saturated rings. The summed E-state index contributed by atoms with van der Waals surface area (Å²) in [5, 5.41) is 0. The van der Waals surface area contributed by atoms with Crippen LogP contribution in [-0.4, -0.2) is 18.1 Å². The van der Waals surface area contributed by atoms with Gasteiger partial charge in [-0.15, -0.1) is 0 Å². The lowest BCUT2D eigenvalue weighted by Gasteiger charge is -2.30. The van der Waals surface area contributed by atoms with E-state index in [2.05, 4.69) is 4.99 Å². The Hall–Kier alpha value is -1.39. The molecule has 1 aromatic carbocycles. The first-order valence-electron chi connectivity index (χ1n) is 4.76. The topological polar surface area (TPSA) is 12.4 Å². The molecular weight excluding hydrogens is 222 g/mol. The van der Waals surface area contributed by atoms with Gasteiger partial charge in [-0.05, 0) is 5.56 Å². The summed E-state index contributed by atoms with van der Waals surface area (Å²) < 4.78 is 52.4. The van der Waals surface area contributed by atoms with Crippen LogP contribution < -0.4 is 0 Å². The highest BCUT2D eigenvalue weighted by atomic mass is 19.3. The Bertz CT molecular complexity index is 400. The first-order valence-corrected chi connectivity index (χ1v) is 4.76. The van der Waals surface area contributed by atoms with Crippen LogP contribution >= 0.6 is 0 Å². The predicted octanol–water partition coefficient (Wildman–Crippen LogP) is 3.47. The molecule has 0 saturated heterocycles. The van der Waals surface area contributed by atoms with Crippen LogP contribution in [0.25, 0.3) is 0 Å². The smallest absolute Gasteiger partial charge is 0.277 e. The van der Waals surface area contributed by atoms with Crippen LogP contribution in [0, 0.1) is 0 Å². The molecule has 0 radical (unpaired) electrons. The quantitative estimate of drug-likeness (QED) is 0.656. The normalized spacial score (nSPS) is 26.6. The number of hydrogen-bond donors (Lipinski definition) is 0. The summed E-state index contributed by atoms with van der Waals surface area (Å²) in [6.45, 7) is 0. The van der Waals surface area contributed by atoms with Gasteiger partial charge in [0.25, 0.3) is 11.8 Å². The van der Waals surface area contributed by atoms with Crippen molar-refractivity contribution in [2.45, 2.75) is 24.3 Å². The van der Waals surface area contributed by atoms with Crippen molar-refractivity contribution in [3.63, 3.8) is 0 Å². The molecule has 0 N–H and O–H groups in total. The molecule has 1 unspecified atom stereocenters. The summed E-state index contributed by atoms with van der Waals surface area (Å²) in [6, 6.07) is 6.23. The van der Waals surface area contributed by atoms with Crippen molar-refractivity contribution in [2.24, 2.45) is 4.99 Å². The van der Waals surface area contributed by atoms with E-state index in [1.807, 2.05) is 0 Å². The molecule has 86 valence electrons. The minimum Gasteiger partial charge on any atom is -0.277 e. The minimum atomic E-state index is -3.52. The molecule has 0 saturated carbocycles. The SMILES string of the molecule is FC1(F)C=NC(c2ccccc2)C(F)(F)C1. The van der Waals surface area contributed by atoms with Gasteiger partial charge >= 0.3 is 0 Å². The number of aliphatic imine (C=N–C) groups is 1. The van der Waals surface area contributed by atoms with Crippen LogP contribution in [0.15, 0.2) is 35.3 Å². The minimum absolute atomic E-state index is 0.249. The van der Waals surface area contributed by atoms with Crippen molar-refractivity contribution in [3.05, 3.63) is 35.9 Å². The van der Waals surface area contributed by atoms with Gasteiger partial charge in [-0.3, -0.25) is 4.99 Å². The number of hydrogen-bond acceptors (Lipinski definition) is 1. The molecule has 0 bridgehead atoms. The van der Waals surface area contributed by atoms with E-state index in [1.54, 1.807) is 18.2 Å². The van der Waals surface area contributed by atoms with Crippen molar-refractivity contribution in [1.29, 1.82) is 0 Å². The van der Waals surface area contributed by atoms with Crippen molar-refractivity contribution in [3.8, 4) is 0 Å². The van der Waals surface area contributed by atoms with Gasteiger partial charge in [0.05, 0.1) is 12.6 Å². The highest BCUT2D eigenvalue weighted by Crippen LogP contribution is 2.44. The molecule has 1 aromatic rings. The predicted molar refractivity (Wildman–Crippen MR) is 52.2 cm³/mol. The molecule has 5 heteroatoms. The van der Waals surface area contributed by atoms with Gasteiger partial charge in [-0.2, -0.15) is 0 Å². The third-order valence-corrected chi connectivity index (χ3v) is 2.40. The number of benzene rings is 1. The zero-order chi connectivity index (χ0) is 11.8. The summed E-state index contributed by atoms with van der Waals surface area (Å²) in [5.41, 5.74) is 0.249. The average Bonchev–Trinajstić information content (AvgIpc) is 2.16. The maximum absolute atomic E-state index is 13.5. The van der Waals surface area contributed by atoms with Gasteiger partial charge in [0, 0.05) is 0 Å². The van der Waals surface area contributed by atoms with E-state index in [4.69, 9.17) is 0 Å². The summed E-state index contributed by atoms with van der Waals surface area (Å²) in [5.74, 6) is -7.03. The Labute approximate surface area is 89.8 Å². The van der Waals surface area contributed by atoms with E-state index in [0.717, 1.165) is 0 Å². The molecule has 1 nitrogen and oxygen atoms in total. The molecule has 1 aliphatic heterocycles. The molecule has 16 heavy (non-hydrogen) atoms.